The van der Waals surface area contributed by atoms with Crippen molar-refractivity contribution in [3.05, 3.63) is 0 Å². The quantitative estimate of drug-likeness (QED) is 0.0343. The summed E-state index contributed by atoms with van der Waals surface area (Å²) in [5.41, 5.74) is 0. The van der Waals surface area contributed by atoms with Crippen LogP contribution in [0.25, 0.3) is 0 Å². The van der Waals surface area contributed by atoms with Crippen molar-refractivity contribution < 1.29 is 28.6 Å². The second kappa shape index (κ2) is 52.8. The predicted octanol–water partition coefficient (Wildman–Crippen LogP) is 19.7. The third-order valence-corrected chi connectivity index (χ3v) is 14.1. The Bertz CT molecular complexity index is 1010. The molecule has 0 rings (SSSR count). The van der Waals surface area contributed by atoms with E-state index in [0.29, 0.717) is 19.3 Å². The summed E-state index contributed by atoms with van der Waals surface area (Å²) in [4.78, 5) is 38.1. The van der Waals surface area contributed by atoms with E-state index in [-0.39, 0.29) is 31.1 Å². The summed E-state index contributed by atoms with van der Waals surface area (Å²) in [5.74, 6) is 0.898. The van der Waals surface area contributed by atoms with Crippen molar-refractivity contribution in [3.8, 4) is 0 Å². The number of carbonyl (C=O) groups excluding carboxylic acids is 3. The van der Waals surface area contributed by atoms with Gasteiger partial charge in [0.25, 0.3) is 0 Å². The first-order valence-corrected chi connectivity index (χ1v) is 29.8. The van der Waals surface area contributed by atoms with Gasteiger partial charge in [0.2, 0.25) is 0 Å². The zero-order valence-corrected chi connectivity index (χ0v) is 45.3. The van der Waals surface area contributed by atoms with Crippen molar-refractivity contribution in [2.45, 2.75) is 343 Å². The lowest BCUT2D eigenvalue weighted by molar-refractivity contribution is -0.167. The van der Waals surface area contributed by atoms with Crippen LogP contribution in [0.5, 0.6) is 0 Å². The Morgan fingerprint density at radius 3 is 0.864 bits per heavy atom. The molecule has 0 aliphatic carbocycles. The maximum Gasteiger partial charge on any atom is 0.306 e. The van der Waals surface area contributed by atoms with Crippen LogP contribution in [-0.4, -0.2) is 37.2 Å². The highest BCUT2D eigenvalue weighted by Gasteiger charge is 2.19. The number of rotatable bonds is 54. The second-order valence-electron chi connectivity index (χ2n) is 21.4. The minimum atomic E-state index is -0.762. The fraction of sp³-hybridized carbons (Fsp3) is 0.950. The normalized spacial score (nSPS) is 12.5. The van der Waals surface area contributed by atoms with E-state index in [0.717, 1.165) is 69.6 Å². The predicted molar refractivity (Wildman–Crippen MR) is 284 cm³/mol. The first-order chi connectivity index (χ1) is 32.3. The van der Waals surface area contributed by atoms with Gasteiger partial charge < -0.3 is 14.2 Å². The number of esters is 3. The van der Waals surface area contributed by atoms with Crippen molar-refractivity contribution in [1.29, 1.82) is 0 Å². The van der Waals surface area contributed by atoms with Crippen molar-refractivity contribution >= 4 is 17.9 Å². The van der Waals surface area contributed by atoms with Crippen LogP contribution in [0.1, 0.15) is 336 Å². The lowest BCUT2D eigenvalue weighted by atomic mass is 9.99. The van der Waals surface area contributed by atoms with Crippen LogP contribution in [0.15, 0.2) is 0 Å². The molecule has 0 aromatic heterocycles. The molecule has 0 aromatic rings. The zero-order chi connectivity index (χ0) is 48.2. The summed E-state index contributed by atoms with van der Waals surface area (Å²) in [5, 5.41) is 0. The van der Waals surface area contributed by atoms with Gasteiger partial charge in [-0.2, -0.15) is 0 Å². The molecule has 6 heteroatoms. The largest absolute Gasteiger partial charge is 0.462 e. The minimum Gasteiger partial charge on any atom is -0.462 e. The molecule has 0 spiro atoms. The summed E-state index contributed by atoms with van der Waals surface area (Å²) in [7, 11) is 0. The van der Waals surface area contributed by atoms with Gasteiger partial charge in [0.1, 0.15) is 13.2 Å². The molecule has 0 saturated heterocycles. The maximum absolute atomic E-state index is 12.9. The Morgan fingerprint density at radius 2 is 0.576 bits per heavy atom. The summed E-state index contributed by atoms with van der Waals surface area (Å²) in [6, 6.07) is 0. The van der Waals surface area contributed by atoms with E-state index >= 15 is 0 Å². The number of unbranched alkanes of at least 4 members (excludes halogenated alkanes) is 38. The number of hydrogen-bond donors (Lipinski definition) is 0. The smallest absolute Gasteiger partial charge is 0.306 e. The highest BCUT2D eigenvalue weighted by Crippen LogP contribution is 2.19. The molecule has 0 aliphatic rings. The molecular formula is C60H116O6. The molecule has 0 radical (unpaired) electrons. The topological polar surface area (TPSA) is 78.9 Å². The third kappa shape index (κ3) is 51.8. The fourth-order valence-corrected chi connectivity index (χ4v) is 9.20. The fourth-order valence-electron chi connectivity index (χ4n) is 9.20. The van der Waals surface area contributed by atoms with Crippen LogP contribution in [0.2, 0.25) is 0 Å². The van der Waals surface area contributed by atoms with E-state index in [1.54, 1.807) is 0 Å². The minimum absolute atomic E-state index is 0.0626. The van der Waals surface area contributed by atoms with E-state index in [1.165, 1.54) is 225 Å². The van der Waals surface area contributed by atoms with E-state index in [9.17, 15) is 14.4 Å². The Hall–Kier alpha value is -1.59. The molecule has 0 heterocycles. The summed E-state index contributed by atoms with van der Waals surface area (Å²) >= 11 is 0. The highest BCUT2D eigenvalue weighted by molar-refractivity contribution is 5.71. The van der Waals surface area contributed by atoms with Gasteiger partial charge in [0.15, 0.2) is 6.10 Å². The molecule has 0 fully saturated rings. The van der Waals surface area contributed by atoms with Gasteiger partial charge in [0.05, 0.1) is 0 Å². The van der Waals surface area contributed by atoms with Crippen LogP contribution >= 0.6 is 0 Å². The average Bonchev–Trinajstić information content (AvgIpc) is 3.30. The second-order valence-corrected chi connectivity index (χ2v) is 21.4. The van der Waals surface area contributed by atoms with Crippen molar-refractivity contribution in [2.75, 3.05) is 13.2 Å². The molecule has 0 N–H and O–H groups in total. The standard InChI is InChI=1S/C60H116O6/c1-6-8-9-10-11-12-13-25-30-35-40-45-50-58(61)64-53-57(54-65-59(62)51-46-41-36-31-27-22-23-28-33-38-43-48-55(3)4)66-60(63)52-47-42-37-32-26-21-19-17-15-14-16-18-20-24-29-34-39-44-49-56(5)7-2/h55-57H,6-54H2,1-5H3/t56?,57-/m1/s1. The molecule has 0 saturated carbocycles. The summed E-state index contributed by atoms with van der Waals surface area (Å²) in [6.45, 7) is 11.5. The first-order valence-electron chi connectivity index (χ1n) is 29.8. The van der Waals surface area contributed by atoms with Crippen LogP contribution in [-0.2, 0) is 28.6 Å². The monoisotopic (exact) mass is 933 g/mol. The van der Waals surface area contributed by atoms with Crippen LogP contribution in [0.3, 0.4) is 0 Å². The maximum atomic E-state index is 12.9. The van der Waals surface area contributed by atoms with E-state index in [2.05, 4.69) is 34.6 Å². The Labute approximate surface area is 412 Å². The third-order valence-electron chi connectivity index (χ3n) is 14.1. The van der Waals surface area contributed by atoms with Crippen molar-refractivity contribution in [2.24, 2.45) is 11.8 Å². The number of hydrogen-bond acceptors (Lipinski definition) is 6. The molecule has 392 valence electrons. The van der Waals surface area contributed by atoms with Gasteiger partial charge in [-0.15, -0.1) is 0 Å². The number of carbonyl (C=O) groups is 3. The van der Waals surface area contributed by atoms with Crippen molar-refractivity contribution in [3.63, 3.8) is 0 Å². The molecule has 2 atom stereocenters. The van der Waals surface area contributed by atoms with Gasteiger partial charge in [-0.25, -0.2) is 0 Å². The van der Waals surface area contributed by atoms with Gasteiger partial charge in [-0.05, 0) is 31.1 Å². The molecule has 0 amide bonds. The van der Waals surface area contributed by atoms with Gasteiger partial charge >= 0.3 is 17.9 Å². The molecule has 1 unspecified atom stereocenters. The highest BCUT2D eigenvalue weighted by atomic mass is 16.6. The average molecular weight is 934 g/mol. The summed E-state index contributed by atoms with van der Waals surface area (Å²) < 4.78 is 16.9. The van der Waals surface area contributed by atoms with E-state index in [4.69, 9.17) is 14.2 Å². The van der Waals surface area contributed by atoms with Gasteiger partial charge in [-0.3, -0.25) is 14.4 Å². The molecule has 66 heavy (non-hydrogen) atoms. The number of ether oxygens (including phenoxy) is 3. The van der Waals surface area contributed by atoms with Gasteiger partial charge in [-0.1, -0.05) is 298 Å². The van der Waals surface area contributed by atoms with Crippen LogP contribution < -0.4 is 0 Å². The lowest BCUT2D eigenvalue weighted by Crippen LogP contribution is -2.30. The summed E-state index contributed by atoms with van der Waals surface area (Å²) in [6.07, 6.45) is 56.6. The van der Waals surface area contributed by atoms with Crippen LogP contribution in [0, 0.1) is 11.8 Å². The molecule has 0 aliphatic heterocycles. The lowest BCUT2D eigenvalue weighted by Gasteiger charge is -2.18. The Balaban J connectivity index is 4.24. The van der Waals surface area contributed by atoms with E-state index < -0.39 is 6.10 Å². The van der Waals surface area contributed by atoms with Crippen LogP contribution in [0.4, 0.5) is 0 Å². The van der Waals surface area contributed by atoms with Crippen molar-refractivity contribution in [1.82, 2.24) is 0 Å². The zero-order valence-electron chi connectivity index (χ0n) is 45.3. The molecule has 0 bridgehead atoms. The Kier molecular flexibility index (Phi) is 51.5. The Morgan fingerprint density at radius 1 is 0.318 bits per heavy atom. The molecular weight excluding hydrogens is 817 g/mol. The van der Waals surface area contributed by atoms with Gasteiger partial charge in [0, 0.05) is 19.3 Å². The SMILES string of the molecule is CCCCCCCCCCCCCCC(=O)OC[C@H](COC(=O)CCCCCCCCCCCCCC(C)C)OC(=O)CCCCCCCCCCCCCCCCCCCCC(C)CC. The molecule has 6 nitrogen and oxygen atoms in total. The molecule has 0 aromatic carbocycles. The van der Waals surface area contributed by atoms with E-state index in [1.807, 2.05) is 0 Å². The first kappa shape index (κ1) is 64.4.